The minimum atomic E-state index is 0. The third-order valence-corrected chi connectivity index (χ3v) is 5.77. The zero-order chi connectivity index (χ0) is 15.4. The van der Waals surface area contributed by atoms with Gasteiger partial charge in [0.25, 0.3) is 5.91 Å². The van der Waals surface area contributed by atoms with E-state index in [-0.39, 0.29) is 24.4 Å². The molecule has 2 fully saturated rings. The number of para-hydroxylation sites is 1. The number of carbonyl (C=O) groups excluding carboxylic acids is 1. The molecule has 1 saturated carbocycles. The average molecular weight is 334 g/mol. The van der Waals surface area contributed by atoms with Crippen molar-refractivity contribution >= 4 is 29.2 Å². The van der Waals surface area contributed by atoms with E-state index in [0.717, 1.165) is 41.7 Å². The van der Waals surface area contributed by atoms with E-state index < -0.39 is 0 Å². The Morgan fingerprint density at radius 1 is 1.26 bits per heavy atom. The van der Waals surface area contributed by atoms with Crippen LogP contribution < -0.4 is 5.73 Å². The van der Waals surface area contributed by atoms with Crippen molar-refractivity contribution in [2.24, 2.45) is 17.6 Å². The van der Waals surface area contributed by atoms with E-state index in [1.807, 2.05) is 17.0 Å². The molecule has 3 atom stereocenters. The number of aryl methyl sites for hydroxylation is 2. The third-order valence-electron chi connectivity index (χ3n) is 5.77. The van der Waals surface area contributed by atoms with Crippen molar-refractivity contribution in [3.05, 3.63) is 35.0 Å². The summed E-state index contributed by atoms with van der Waals surface area (Å²) in [7, 11) is 0. The smallest absolute Gasteiger partial charge is 0.256 e. The van der Waals surface area contributed by atoms with Crippen molar-refractivity contribution in [1.29, 1.82) is 0 Å². The molecule has 1 aromatic carbocycles. The SMILES string of the molecule is Cc1[nH]c2c(C(=O)N3CC4CCC(N)C4C3)cccc2c1C.Cl. The molecular weight excluding hydrogens is 310 g/mol. The number of halogens is 1. The Bertz CT molecular complexity index is 754. The van der Waals surface area contributed by atoms with Crippen molar-refractivity contribution in [3.63, 3.8) is 0 Å². The molecule has 1 aromatic heterocycles. The number of nitrogens with zero attached hydrogens (tertiary/aromatic N) is 1. The van der Waals surface area contributed by atoms with Crippen LogP contribution in [0.1, 0.15) is 34.5 Å². The fraction of sp³-hybridized carbons (Fsp3) is 0.500. The number of rotatable bonds is 1. The Hall–Kier alpha value is -1.52. The molecule has 1 saturated heterocycles. The zero-order valence-electron chi connectivity index (χ0n) is 13.6. The molecule has 4 rings (SSSR count). The number of H-pyrrole nitrogens is 1. The second-order valence-corrected chi connectivity index (χ2v) is 6.98. The number of hydrogen-bond donors (Lipinski definition) is 2. The van der Waals surface area contributed by atoms with Crippen molar-refractivity contribution in [2.75, 3.05) is 13.1 Å². The van der Waals surface area contributed by atoms with Gasteiger partial charge in [-0.05, 0) is 50.2 Å². The van der Waals surface area contributed by atoms with Crippen LogP contribution in [0.2, 0.25) is 0 Å². The molecule has 1 aliphatic carbocycles. The molecule has 23 heavy (non-hydrogen) atoms. The summed E-state index contributed by atoms with van der Waals surface area (Å²) in [6.07, 6.45) is 2.28. The van der Waals surface area contributed by atoms with E-state index in [0.29, 0.717) is 11.8 Å². The van der Waals surface area contributed by atoms with Crippen LogP contribution in [0.25, 0.3) is 10.9 Å². The first-order valence-electron chi connectivity index (χ1n) is 8.19. The van der Waals surface area contributed by atoms with Crippen molar-refractivity contribution < 1.29 is 4.79 Å². The van der Waals surface area contributed by atoms with E-state index >= 15 is 0 Å². The second-order valence-electron chi connectivity index (χ2n) is 6.98. The Balaban J connectivity index is 0.00000156. The fourth-order valence-electron chi connectivity index (χ4n) is 4.30. The molecule has 2 heterocycles. The number of hydrogen-bond acceptors (Lipinski definition) is 2. The average Bonchev–Trinajstić information content (AvgIpc) is 3.15. The number of amides is 1. The van der Waals surface area contributed by atoms with E-state index in [2.05, 4.69) is 24.9 Å². The number of carbonyl (C=O) groups is 1. The van der Waals surface area contributed by atoms with Crippen LogP contribution in [-0.4, -0.2) is 34.9 Å². The Morgan fingerprint density at radius 2 is 2.04 bits per heavy atom. The highest BCUT2D eigenvalue weighted by atomic mass is 35.5. The van der Waals surface area contributed by atoms with Gasteiger partial charge in [-0.15, -0.1) is 12.4 Å². The van der Waals surface area contributed by atoms with Gasteiger partial charge in [0.15, 0.2) is 0 Å². The zero-order valence-corrected chi connectivity index (χ0v) is 14.5. The molecular formula is C18H24ClN3O. The van der Waals surface area contributed by atoms with Gasteiger partial charge in [-0.1, -0.05) is 12.1 Å². The second kappa shape index (κ2) is 5.84. The summed E-state index contributed by atoms with van der Waals surface area (Å²) in [5, 5.41) is 1.15. The molecule has 2 aliphatic rings. The van der Waals surface area contributed by atoms with E-state index in [1.54, 1.807) is 0 Å². The highest BCUT2D eigenvalue weighted by Gasteiger charge is 2.42. The van der Waals surface area contributed by atoms with Gasteiger partial charge in [-0.25, -0.2) is 0 Å². The van der Waals surface area contributed by atoms with E-state index in [1.165, 1.54) is 12.0 Å². The normalized spacial score (nSPS) is 26.4. The molecule has 0 radical (unpaired) electrons. The molecule has 124 valence electrons. The lowest BCUT2D eigenvalue weighted by Crippen LogP contribution is -2.33. The summed E-state index contributed by atoms with van der Waals surface area (Å²) in [6.45, 7) is 5.84. The number of fused-ring (bicyclic) bond motifs is 2. The van der Waals surface area contributed by atoms with Gasteiger partial charge < -0.3 is 15.6 Å². The van der Waals surface area contributed by atoms with Crippen LogP contribution >= 0.6 is 12.4 Å². The Kier molecular flexibility index (Phi) is 4.15. The Morgan fingerprint density at radius 3 is 2.78 bits per heavy atom. The summed E-state index contributed by atoms with van der Waals surface area (Å²) in [5.41, 5.74) is 10.3. The molecule has 2 aromatic rings. The summed E-state index contributed by atoms with van der Waals surface area (Å²) in [5.74, 6) is 1.24. The highest BCUT2D eigenvalue weighted by Crippen LogP contribution is 2.38. The van der Waals surface area contributed by atoms with Crippen LogP contribution in [0.4, 0.5) is 0 Å². The molecule has 5 heteroatoms. The maximum atomic E-state index is 13.0. The topological polar surface area (TPSA) is 62.1 Å². The summed E-state index contributed by atoms with van der Waals surface area (Å²) < 4.78 is 0. The quantitative estimate of drug-likeness (QED) is 0.842. The molecule has 1 amide bonds. The van der Waals surface area contributed by atoms with Crippen molar-refractivity contribution in [1.82, 2.24) is 9.88 Å². The molecule has 3 N–H and O–H groups in total. The van der Waals surface area contributed by atoms with Gasteiger partial charge in [0.05, 0.1) is 11.1 Å². The minimum Gasteiger partial charge on any atom is -0.358 e. The van der Waals surface area contributed by atoms with Gasteiger partial charge in [-0.2, -0.15) is 0 Å². The molecule has 3 unspecified atom stereocenters. The third kappa shape index (κ3) is 2.45. The first-order valence-corrected chi connectivity index (χ1v) is 8.19. The molecule has 0 spiro atoms. The van der Waals surface area contributed by atoms with Crippen LogP contribution in [0.15, 0.2) is 18.2 Å². The summed E-state index contributed by atoms with van der Waals surface area (Å²) >= 11 is 0. The highest BCUT2D eigenvalue weighted by molar-refractivity contribution is 6.06. The molecule has 4 nitrogen and oxygen atoms in total. The number of nitrogens with one attached hydrogen (secondary N) is 1. The number of aromatic nitrogens is 1. The van der Waals surface area contributed by atoms with Crippen LogP contribution in [0, 0.1) is 25.7 Å². The number of nitrogens with two attached hydrogens (primary N) is 1. The molecule has 1 aliphatic heterocycles. The maximum absolute atomic E-state index is 13.0. The predicted octanol–water partition coefficient (Wildman–Crippen LogP) is 3.02. The van der Waals surface area contributed by atoms with Gasteiger partial charge in [0.1, 0.15) is 0 Å². The van der Waals surface area contributed by atoms with Crippen molar-refractivity contribution in [2.45, 2.75) is 32.7 Å². The van der Waals surface area contributed by atoms with E-state index in [4.69, 9.17) is 5.73 Å². The lowest BCUT2D eigenvalue weighted by atomic mass is 9.98. The van der Waals surface area contributed by atoms with Gasteiger partial charge in [0.2, 0.25) is 0 Å². The predicted molar refractivity (Wildman–Crippen MR) is 95.1 cm³/mol. The summed E-state index contributed by atoms with van der Waals surface area (Å²) in [6, 6.07) is 6.28. The first-order chi connectivity index (χ1) is 10.6. The van der Waals surface area contributed by atoms with Gasteiger partial charge >= 0.3 is 0 Å². The lowest BCUT2D eigenvalue weighted by Gasteiger charge is -2.19. The Labute approximate surface area is 142 Å². The largest absolute Gasteiger partial charge is 0.358 e. The van der Waals surface area contributed by atoms with Crippen molar-refractivity contribution in [3.8, 4) is 0 Å². The number of benzene rings is 1. The van der Waals surface area contributed by atoms with Gasteiger partial charge in [-0.3, -0.25) is 4.79 Å². The maximum Gasteiger partial charge on any atom is 0.256 e. The van der Waals surface area contributed by atoms with Crippen LogP contribution in [0.3, 0.4) is 0 Å². The van der Waals surface area contributed by atoms with Gasteiger partial charge in [0, 0.05) is 30.2 Å². The monoisotopic (exact) mass is 333 g/mol. The minimum absolute atomic E-state index is 0. The standard InChI is InChI=1S/C18H23N3O.ClH/c1-10-11(2)20-17-13(10)4-3-5-14(17)18(22)21-8-12-6-7-16(19)15(12)9-21;/h3-5,12,15-16,20H,6-9,19H2,1-2H3;1H. The number of likely N-dealkylation sites (tertiary alicyclic amines) is 1. The molecule has 0 bridgehead atoms. The number of aromatic amines is 1. The van der Waals surface area contributed by atoms with Crippen LogP contribution in [-0.2, 0) is 0 Å². The fourth-order valence-corrected chi connectivity index (χ4v) is 4.30. The summed E-state index contributed by atoms with van der Waals surface area (Å²) in [4.78, 5) is 18.4. The lowest BCUT2D eigenvalue weighted by molar-refractivity contribution is 0.0781. The van der Waals surface area contributed by atoms with Crippen LogP contribution in [0.5, 0.6) is 0 Å². The first kappa shape index (κ1) is 16.3. The van der Waals surface area contributed by atoms with E-state index in [9.17, 15) is 4.79 Å².